The van der Waals surface area contributed by atoms with E-state index in [1.807, 2.05) is 20.8 Å². The largest absolute Gasteiger partial charge is 0.346 e. The van der Waals surface area contributed by atoms with Gasteiger partial charge in [-0.1, -0.05) is 104 Å². The van der Waals surface area contributed by atoms with Crippen molar-refractivity contribution in [1.82, 2.24) is 26.2 Å². The predicted molar refractivity (Wildman–Crippen MR) is 210 cm³/mol. The van der Waals surface area contributed by atoms with Crippen molar-refractivity contribution in [2.45, 2.75) is 143 Å². The number of carbonyl (C=O) groups is 6. The minimum absolute atomic E-state index is 0.0625. The molecule has 1 heterocycles. The van der Waals surface area contributed by atoms with Gasteiger partial charge in [-0.2, -0.15) is 0 Å². The van der Waals surface area contributed by atoms with Gasteiger partial charge < -0.3 is 26.2 Å². The average molecular weight is 749 g/mol. The molecular weight excluding hydrogens is 684 g/mol. The monoisotopic (exact) mass is 748 g/mol. The Balaban J connectivity index is 1.67. The lowest BCUT2D eigenvalue weighted by atomic mass is 9.68. The minimum atomic E-state index is -1.05. The molecular formula is C42H64N6O6. The van der Waals surface area contributed by atoms with Crippen molar-refractivity contribution < 1.29 is 28.8 Å². The van der Waals surface area contributed by atoms with Crippen LogP contribution in [-0.4, -0.2) is 83.7 Å². The molecule has 5 amide bonds. The maximum absolute atomic E-state index is 15.1. The van der Waals surface area contributed by atoms with E-state index in [2.05, 4.69) is 53.3 Å². The Labute approximate surface area is 321 Å². The van der Waals surface area contributed by atoms with Gasteiger partial charge in [-0.15, -0.1) is 6.58 Å². The number of piperidine rings is 1. The summed E-state index contributed by atoms with van der Waals surface area (Å²) in [6, 6.07) is -3.81. The van der Waals surface area contributed by atoms with Crippen LogP contribution in [0.3, 0.4) is 0 Å². The Morgan fingerprint density at radius 1 is 0.833 bits per heavy atom. The Kier molecular flexibility index (Phi) is 14.2. The summed E-state index contributed by atoms with van der Waals surface area (Å²) in [6.07, 6.45) is 15.4. The van der Waals surface area contributed by atoms with E-state index in [4.69, 9.17) is 0 Å². The number of rotatable bonds is 17. The van der Waals surface area contributed by atoms with Crippen LogP contribution >= 0.6 is 0 Å². The van der Waals surface area contributed by atoms with Crippen molar-refractivity contribution in [2.75, 3.05) is 13.1 Å². The fraction of sp³-hybridized carbons (Fsp3) is 0.690. The first kappa shape index (κ1) is 42.6. The number of nitrogens with zero attached hydrogens (tertiary/aromatic N) is 2. The highest BCUT2D eigenvalue weighted by Crippen LogP contribution is 2.65. The van der Waals surface area contributed by atoms with Gasteiger partial charge in [-0.05, 0) is 67.1 Å². The maximum Gasteiger partial charge on any atom is 0.289 e. The van der Waals surface area contributed by atoms with Gasteiger partial charge in [0.05, 0.1) is 6.04 Å². The third kappa shape index (κ3) is 9.22. The summed E-state index contributed by atoms with van der Waals surface area (Å²) in [5.41, 5.74) is -1.20. The topological polar surface area (TPSA) is 166 Å². The van der Waals surface area contributed by atoms with E-state index in [-0.39, 0.29) is 41.8 Å². The molecule has 4 N–H and O–H groups in total. The second-order valence-electron chi connectivity index (χ2n) is 17.1. The molecule has 3 saturated carbocycles. The number of fused-ring (bicyclic) bond motifs is 1. The molecule has 6 atom stereocenters. The number of carbonyl (C=O) groups excluding carboxylic acids is 6. The quantitative estimate of drug-likeness (QED) is 0.0729. The van der Waals surface area contributed by atoms with Crippen LogP contribution in [0, 0.1) is 28.1 Å². The van der Waals surface area contributed by atoms with Gasteiger partial charge >= 0.3 is 0 Å². The van der Waals surface area contributed by atoms with E-state index in [1.165, 1.54) is 18.4 Å². The van der Waals surface area contributed by atoms with Gasteiger partial charge in [0.1, 0.15) is 23.8 Å². The number of amides is 5. The van der Waals surface area contributed by atoms with Crippen LogP contribution in [0.2, 0.25) is 0 Å². The zero-order valence-corrected chi connectivity index (χ0v) is 33.4. The van der Waals surface area contributed by atoms with Crippen LogP contribution < -0.4 is 21.3 Å². The zero-order chi connectivity index (χ0) is 39.8. The van der Waals surface area contributed by atoms with Gasteiger partial charge in [-0.25, -0.2) is 0 Å². The van der Waals surface area contributed by atoms with Gasteiger partial charge in [0.2, 0.25) is 23.5 Å². The molecule has 1 unspecified atom stereocenters. The molecule has 0 bridgehead atoms. The molecule has 0 spiro atoms. The molecule has 0 aromatic rings. The highest BCUT2D eigenvalue weighted by Gasteiger charge is 2.70. The van der Waals surface area contributed by atoms with Gasteiger partial charge in [0.25, 0.3) is 11.8 Å². The van der Waals surface area contributed by atoms with Gasteiger partial charge in [0.15, 0.2) is 0 Å². The first-order valence-electron chi connectivity index (χ1n) is 20.1. The van der Waals surface area contributed by atoms with Crippen LogP contribution in [-0.2, 0) is 28.8 Å². The van der Waals surface area contributed by atoms with Crippen LogP contribution in [0.4, 0.5) is 0 Å². The number of ketones is 1. The molecule has 1 saturated heterocycles. The smallest absolute Gasteiger partial charge is 0.289 e. The number of Topliss-reactive ketones (excluding diaryl/α,β-unsaturated/α-hetero) is 1. The number of allylic oxidation sites excluding steroid dienone is 2. The standard InChI is InChI=1S/C42H64N6O6/c1-9-19-29(32(49)37(52)44-25-11-3)45-36(51)31-30-27(40(30,5)6)26-48(31)39(54)34(42(8)22-17-14-18-23-42)47-38(53)33(41(7)20-15-13-16-21-41)46-35(50)28(12-4)43-24-10-2/h10-12,24,27,29-31,33-34H,2-3,9,13-23,25-26H2,1,4-8H3,(H,44,52)(H,45,51)(H,46,50)(H,47,53)/b28-12-,43-24-/t27-,29?,30-,31-,33+,34+/m0/s1. The fourth-order valence-electron chi connectivity index (χ4n) is 9.42. The average Bonchev–Trinajstić information content (AvgIpc) is 3.44. The summed E-state index contributed by atoms with van der Waals surface area (Å²) in [4.78, 5) is 89.3. The fourth-order valence-corrected chi connectivity index (χ4v) is 9.42. The molecule has 4 fully saturated rings. The van der Waals surface area contributed by atoms with Crippen molar-refractivity contribution in [3.8, 4) is 0 Å². The molecule has 298 valence electrons. The summed E-state index contributed by atoms with van der Waals surface area (Å²) >= 11 is 0. The normalized spacial score (nSPS) is 25.6. The Morgan fingerprint density at radius 3 is 1.96 bits per heavy atom. The first-order valence-corrected chi connectivity index (χ1v) is 20.1. The summed E-state index contributed by atoms with van der Waals surface area (Å²) in [7, 11) is 0. The molecule has 1 aliphatic heterocycles. The van der Waals surface area contributed by atoms with E-state index in [0.29, 0.717) is 25.8 Å². The van der Waals surface area contributed by atoms with E-state index in [0.717, 1.165) is 51.4 Å². The third-order valence-corrected chi connectivity index (χ3v) is 12.9. The molecule has 3 aliphatic carbocycles. The molecule has 12 heteroatoms. The SMILES string of the molecule is C=C/C=N\C(=C/C)C(=O)N[C@H](C(=O)N[C@H](C(=O)N1C[C@H]2[C@@H]([C@H]1C(=O)NC(CCC)C(=O)C(=O)NCC=C)C2(C)C)C1(C)CCCCC1)C1(C)CCCCC1. The first-order chi connectivity index (χ1) is 25.6. The number of hydrogen-bond donors (Lipinski definition) is 4. The number of aliphatic imine (C=N–C) groups is 1. The second-order valence-corrected chi connectivity index (χ2v) is 17.1. The van der Waals surface area contributed by atoms with E-state index in [9.17, 15) is 24.0 Å². The van der Waals surface area contributed by atoms with Crippen molar-refractivity contribution in [3.63, 3.8) is 0 Å². The molecule has 4 aliphatic rings. The van der Waals surface area contributed by atoms with Crippen molar-refractivity contribution in [3.05, 3.63) is 37.1 Å². The Hall–Kier alpha value is -4.09. The summed E-state index contributed by atoms with van der Waals surface area (Å²) in [6.45, 7) is 19.5. The molecule has 54 heavy (non-hydrogen) atoms. The minimum Gasteiger partial charge on any atom is -0.346 e. The number of hydrogen-bond acceptors (Lipinski definition) is 7. The highest BCUT2D eigenvalue weighted by atomic mass is 16.2. The molecule has 12 nitrogen and oxygen atoms in total. The Bertz CT molecular complexity index is 1520. The van der Waals surface area contributed by atoms with Crippen LogP contribution in [0.1, 0.15) is 119 Å². The lowest BCUT2D eigenvalue weighted by Gasteiger charge is -2.45. The second kappa shape index (κ2) is 18.0. The van der Waals surface area contributed by atoms with Gasteiger partial charge in [0, 0.05) is 19.3 Å². The number of likely N-dealkylation sites (tertiary alicyclic amines) is 1. The summed E-state index contributed by atoms with van der Waals surface area (Å²) < 4.78 is 0. The lowest BCUT2D eigenvalue weighted by molar-refractivity contribution is -0.148. The Morgan fingerprint density at radius 2 is 1.43 bits per heavy atom. The van der Waals surface area contributed by atoms with E-state index in [1.54, 1.807) is 17.9 Å². The van der Waals surface area contributed by atoms with Crippen LogP contribution in [0.15, 0.2) is 42.1 Å². The summed E-state index contributed by atoms with van der Waals surface area (Å²) in [5.74, 6) is -3.33. The molecule has 4 rings (SSSR count). The van der Waals surface area contributed by atoms with Crippen molar-refractivity contribution in [2.24, 2.45) is 33.1 Å². The van der Waals surface area contributed by atoms with E-state index < -0.39 is 64.4 Å². The lowest BCUT2D eigenvalue weighted by Crippen LogP contribution is -2.65. The third-order valence-electron chi connectivity index (χ3n) is 12.9. The molecule has 0 aromatic carbocycles. The molecule has 0 aromatic heterocycles. The molecule has 0 radical (unpaired) electrons. The zero-order valence-electron chi connectivity index (χ0n) is 33.4. The maximum atomic E-state index is 15.1. The van der Waals surface area contributed by atoms with Gasteiger partial charge in [-0.3, -0.25) is 33.8 Å². The van der Waals surface area contributed by atoms with Crippen molar-refractivity contribution in [1.29, 1.82) is 0 Å². The van der Waals surface area contributed by atoms with E-state index >= 15 is 4.79 Å². The predicted octanol–water partition coefficient (Wildman–Crippen LogP) is 4.70. The highest BCUT2D eigenvalue weighted by molar-refractivity contribution is 6.38. The van der Waals surface area contributed by atoms with Crippen LogP contribution in [0.25, 0.3) is 0 Å². The summed E-state index contributed by atoms with van der Waals surface area (Å²) in [5, 5.41) is 11.6. The van der Waals surface area contributed by atoms with Crippen molar-refractivity contribution >= 4 is 41.5 Å². The van der Waals surface area contributed by atoms with Crippen LogP contribution in [0.5, 0.6) is 0 Å². The number of nitrogens with one attached hydrogen (secondary N) is 4.